The summed E-state index contributed by atoms with van der Waals surface area (Å²) in [4.78, 5) is 0. The van der Waals surface area contributed by atoms with Crippen LogP contribution in [0.5, 0.6) is 0 Å². The fourth-order valence-corrected chi connectivity index (χ4v) is 0. The number of rotatable bonds is 0. The Morgan fingerprint density at radius 1 is 0.750 bits per heavy atom. The maximum absolute atomic E-state index is 0. The molecule has 0 aliphatic carbocycles. The summed E-state index contributed by atoms with van der Waals surface area (Å²) in [6.45, 7) is 0. The molecule has 0 saturated carbocycles. The van der Waals surface area contributed by atoms with Gasteiger partial charge in [0.1, 0.15) is 0 Å². The van der Waals surface area contributed by atoms with E-state index in [-0.39, 0.29) is 33.5 Å². The van der Waals surface area contributed by atoms with E-state index in [1.54, 1.807) is 0 Å². The Bertz CT molecular complexity index is 3.25. The Morgan fingerprint density at radius 2 is 0.750 bits per heavy atom. The summed E-state index contributed by atoms with van der Waals surface area (Å²) in [5.41, 5.74) is 0. The molecule has 0 aromatic heterocycles. The Balaban J connectivity index is 0. The molecule has 0 unspecified atom stereocenters. The topological polar surface area (TPSA) is 88.5 Å². The summed E-state index contributed by atoms with van der Waals surface area (Å²) in [5, 5.41) is 0. The fourth-order valence-electron chi connectivity index (χ4n) is 0. The van der Waals surface area contributed by atoms with E-state index in [0.717, 1.165) is 0 Å². The predicted molar refractivity (Wildman–Crippen MR) is 4.99 cm³/mol. The summed E-state index contributed by atoms with van der Waals surface area (Å²) in [6, 6.07) is 0. The third-order valence-electron chi connectivity index (χ3n) is 0. The van der Waals surface area contributed by atoms with Gasteiger partial charge in [-0.25, -0.2) is 0 Å². The van der Waals surface area contributed by atoms with Gasteiger partial charge in [-0.1, -0.05) is 0 Å². The standard InChI is InChI=1S/Mn.H2O.2O/h;1H2;;/q+4;;2*-2. The Morgan fingerprint density at radius 3 is 0.750 bits per heavy atom. The molecule has 0 aromatic carbocycles. The summed E-state index contributed by atoms with van der Waals surface area (Å²) in [6.07, 6.45) is 0. The molecule has 3 nitrogen and oxygen atoms in total. The zero-order chi connectivity index (χ0) is 0. The third-order valence-corrected chi connectivity index (χ3v) is 0. The van der Waals surface area contributed by atoms with Crippen LogP contribution in [0.3, 0.4) is 0 Å². The first-order valence-corrected chi connectivity index (χ1v) is 0. The van der Waals surface area contributed by atoms with Crippen LogP contribution >= 0.6 is 0 Å². The Hall–Kier alpha value is 0.399. The summed E-state index contributed by atoms with van der Waals surface area (Å²) in [7, 11) is 0. The molecular formula is H2MnO3. The molecular weight excluding hydrogens is 103 g/mol. The van der Waals surface area contributed by atoms with Gasteiger partial charge in [-0.2, -0.15) is 0 Å². The molecule has 0 aliphatic rings. The number of hydrogen-bond acceptors (Lipinski definition) is 0. The summed E-state index contributed by atoms with van der Waals surface area (Å²) >= 11 is 0. The second kappa shape index (κ2) is 123. The first kappa shape index (κ1) is 319. The van der Waals surface area contributed by atoms with Crippen molar-refractivity contribution < 1.29 is 33.5 Å². The quantitative estimate of drug-likeness (QED) is 0.351. The second-order valence-corrected chi connectivity index (χ2v) is 0. The second-order valence-electron chi connectivity index (χ2n) is 0. The van der Waals surface area contributed by atoms with E-state index >= 15 is 0 Å². The van der Waals surface area contributed by atoms with E-state index in [4.69, 9.17) is 0 Å². The van der Waals surface area contributed by atoms with Gasteiger partial charge in [0.2, 0.25) is 0 Å². The minimum Gasteiger partial charge on any atom is -2.00 e. The molecule has 4 heavy (non-hydrogen) atoms. The normalized spacial score (nSPS) is 0. The van der Waals surface area contributed by atoms with Crippen LogP contribution in [-0.4, -0.2) is 5.48 Å². The van der Waals surface area contributed by atoms with Crippen molar-refractivity contribution in [2.75, 3.05) is 0 Å². The van der Waals surface area contributed by atoms with Crippen LogP contribution in [-0.2, 0) is 28.0 Å². The molecule has 0 spiro atoms. The molecule has 0 atom stereocenters. The van der Waals surface area contributed by atoms with Crippen molar-refractivity contribution in [3.05, 3.63) is 0 Å². The monoisotopic (exact) mass is 105 g/mol. The van der Waals surface area contributed by atoms with Crippen LogP contribution in [0.4, 0.5) is 0 Å². The van der Waals surface area contributed by atoms with E-state index in [0.29, 0.717) is 0 Å². The van der Waals surface area contributed by atoms with Crippen LogP contribution in [0.25, 0.3) is 0 Å². The minimum atomic E-state index is 0. The van der Waals surface area contributed by atoms with E-state index in [1.165, 1.54) is 0 Å². The van der Waals surface area contributed by atoms with Crippen LogP contribution in [0.15, 0.2) is 0 Å². The van der Waals surface area contributed by atoms with E-state index in [2.05, 4.69) is 0 Å². The van der Waals surface area contributed by atoms with Gasteiger partial charge in [-0.15, -0.1) is 0 Å². The summed E-state index contributed by atoms with van der Waals surface area (Å²) in [5.74, 6) is 0. The number of hydrogen-bond donors (Lipinski definition) is 0. The molecule has 2 N–H and O–H groups in total. The average Bonchev–Trinajstić information content (AvgIpc) is 0. The Labute approximate surface area is 34.4 Å². The zero-order valence-corrected chi connectivity index (χ0v) is 2.87. The molecule has 0 rings (SSSR count). The summed E-state index contributed by atoms with van der Waals surface area (Å²) < 4.78 is 0. The van der Waals surface area contributed by atoms with Gasteiger partial charge in [0, 0.05) is 0 Å². The Kier molecular flexibility index (Phi) is 9770. The van der Waals surface area contributed by atoms with Gasteiger partial charge >= 0.3 is 17.1 Å². The fraction of sp³-hybridized carbons (Fsp3) is 0. The largest absolute Gasteiger partial charge is 4.00 e. The van der Waals surface area contributed by atoms with E-state index in [1.807, 2.05) is 0 Å². The van der Waals surface area contributed by atoms with Crippen molar-refractivity contribution in [3.63, 3.8) is 0 Å². The third kappa shape index (κ3) is 29.4. The van der Waals surface area contributed by atoms with Crippen molar-refractivity contribution in [1.29, 1.82) is 0 Å². The van der Waals surface area contributed by atoms with Crippen molar-refractivity contribution in [2.45, 2.75) is 0 Å². The minimum absolute atomic E-state index is 0. The van der Waals surface area contributed by atoms with Gasteiger partial charge in [0.15, 0.2) is 0 Å². The first-order valence-electron chi connectivity index (χ1n) is 0. The molecule has 0 amide bonds. The molecule has 0 aliphatic heterocycles. The SMILES string of the molecule is O.[Mn+4].[O-2].[O-2]. The van der Waals surface area contributed by atoms with Crippen LogP contribution in [0.2, 0.25) is 0 Å². The van der Waals surface area contributed by atoms with E-state index < -0.39 is 0 Å². The van der Waals surface area contributed by atoms with Crippen molar-refractivity contribution in [1.82, 2.24) is 0 Å². The average molecular weight is 105 g/mol. The van der Waals surface area contributed by atoms with Gasteiger partial charge in [-0.05, 0) is 0 Å². The van der Waals surface area contributed by atoms with Gasteiger partial charge < -0.3 is 16.4 Å². The van der Waals surface area contributed by atoms with Crippen molar-refractivity contribution in [3.8, 4) is 0 Å². The molecule has 27 valence electrons. The smallest absolute Gasteiger partial charge is 2.00 e. The van der Waals surface area contributed by atoms with Crippen molar-refractivity contribution >= 4 is 0 Å². The van der Waals surface area contributed by atoms with Crippen molar-refractivity contribution in [2.24, 2.45) is 0 Å². The molecule has 0 fully saturated rings. The molecule has 1 radical (unpaired) electrons. The van der Waals surface area contributed by atoms with Gasteiger partial charge in [-0.3, -0.25) is 0 Å². The van der Waals surface area contributed by atoms with Gasteiger partial charge in [0.05, 0.1) is 0 Å². The van der Waals surface area contributed by atoms with E-state index in [9.17, 15) is 0 Å². The maximum atomic E-state index is 0. The molecule has 0 saturated heterocycles. The molecule has 0 aromatic rings. The maximum Gasteiger partial charge on any atom is 4.00 e. The zero-order valence-electron chi connectivity index (χ0n) is 1.69. The first-order chi connectivity index (χ1) is 0. The molecule has 0 heterocycles. The van der Waals surface area contributed by atoms with Gasteiger partial charge in [0.25, 0.3) is 0 Å². The molecule has 4 heteroatoms. The molecule has 0 bridgehead atoms. The van der Waals surface area contributed by atoms with Crippen LogP contribution < -0.4 is 0 Å². The predicted octanol–water partition coefficient (Wildman–Crippen LogP) is -1.06. The van der Waals surface area contributed by atoms with Crippen LogP contribution in [0, 0.1) is 0 Å². The van der Waals surface area contributed by atoms with Crippen LogP contribution in [0.1, 0.15) is 0 Å².